The van der Waals surface area contributed by atoms with Gasteiger partial charge in [0.25, 0.3) is 5.91 Å². The lowest BCUT2D eigenvalue weighted by Crippen LogP contribution is -2.53. The number of halogens is 2. The smallest absolute Gasteiger partial charge is 0.270 e. The molecule has 0 bridgehead atoms. The molecule has 1 heterocycles. The number of nitrogens with one attached hydrogen (secondary N) is 1. The molecule has 2 aromatic rings. The summed E-state index contributed by atoms with van der Waals surface area (Å²) in [5.41, 5.74) is 0.0277. The highest BCUT2D eigenvalue weighted by Crippen LogP contribution is 2.37. The molecule has 0 aliphatic carbocycles. The van der Waals surface area contributed by atoms with Crippen LogP contribution in [-0.4, -0.2) is 24.0 Å². The fourth-order valence-electron chi connectivity index (χ4n) is 2.75. The molecule has 1 aliphatic heterocycles. The Hall–Kier alpha value is -2.60. The standard InChI is InChI=1S/C19H18ClFN2O3/c1-19(2)18(25)23(15-5-3-4-6-16(15)26-19)10-9-17(24)22-12-7-8-14(21)13(20)11-12/h3-8,11H,9-10H2,1-2H3,(H,22,24). The van der Waals surface area contributed by atoms with Gasteiger partial charge in [-0.3, -0.25) is 9.59 Å². The van der Waals surface area contributed by atoms with Gasteiger partial charge in [-0.25, -0.2) is 4.39 Å². The van der Waals surface area contributed by atoms with Crippen LogP contribution in [0.3, 0.4) is 0 Å². The Bertz CT molecular complexity index is 870. The van der Waals surface area contributed by atoms with E-state index in [1.165, 1.54) is 18.2 Å². The molecule has 3 rings (SSSR count). The Morgan fingerprint density at radius 3 is 2.73 bits per heavy atom. The lowest BCUT2D eigenvalue weighted by molar-refractivity contribution is -0.132. The third-order valence-electron chi connectivity index (χ3n) is 4.05. The van der Waals surface area contributed by atoms with E-state index >= 15 is 0 Å². The number of carbonyl (C=O) groups is 2. The van der Waals surface area contributed by atoms with Crippen molar-refractivity contribution >= 4 is 34.8 Å². The van der Waals surface area contributed by atoms with Crippen LogP contribution in [0.1, 0.15) is 20.3 Å². The quantitative estimate of drug-likeness (QED) is 0.877. The summed E-state index contributed by atoms with van der Waals surface area (Å²) < 4.78 is 18.9. The van der Waals surface area contributed by atoms with Gasteiger partial charge in [0.15, 0.2) is 5.60 Å². The number of carbonyl (C=O) groups excluding carboxylic acids is 2. The number of amides is 2. The van der Waals surface area contributed by atoms with Crippen LogP contribution >= 0.6 is 11.6 Å². The maximum atomic E-state index is 13.2. The SMILES string of the molecule is CC1(C)Oc2ccccc2N(CCC(=O)Nc2ccc(F)c(Cl)c2)C1=O. The maximum absolute atomic E-state index is 13.2. The minimum absolute atomic E-state index is 0.0677. The Balaban J connectivity index is 1.71. The molecule has 26 heavy (non-hydrogen) atoms. The second kappa shape index (κ2) is 6.96. The van der Waals surface area contributed by atoms with E-state index < -0.39 is 11.4 Å². The number of nitrogens with zero attached hydrogens (tertiary/aromatic N) is 1. The topological polar surface area (TPSA) is 58.6 Å². The molecule has 0 spiro atoms. The highest BCUT2D eigenvalue weighted by molar-refractivity contribution is 6.31. The minimum Gasteiger partial charge on any atom is -0.476 e. The number of hydrogen-bond acceptors (Lipinski definition) is 3. The van der Waals surface area contributed by atoms with Crippen LogP contribution in [0.5, 0.6) is 5.75 Å². The molecule has 1 aliphatic rings. The van der Waals surface area contributed by atoms with Gasteiger partial charge in [-0.05, 0) is 44.2 Å². The van der Waals surface area contributed by atoms with Gasteiger partial charge in [0.05, 0.1) is 10.7 Å². The third kappa shape index (κ3) is 3.65. The number of fused-ring (bicyclic) bond motifs is 1. The van der Waals surface area contributed by atoms with E-state index in [0.717, 1.165) is 0 Å². The molecule has 0 radical (unpaired) electrons. The van der Waals surface area contributed by atoms with Crippen LogP contribution in [0.4, 0.5) is 15.8 Å². The van der Waals surface area contributed by atoms with Crippen LogP contribution < -0.4 is 15.0 Å². The molecule has 0 atom stereocenters. The van der Waals surface area contributed by atoms with Crippen molar-refractivity contribution in [2.24, 2.45) is 0 Å². The minimum atomic E-state index is -1.00. The van der Waals surface area contributed by atoms with Crippen molar-refractivity contribution in [3.63, 3.8) is 0 Å². The zero-order chi connectivity index (χ0) is 18.9. The lowest BCUT2D eigenvalue weighted by Gasteiger charge is -2.38. The van der Waals surface area contributed by atoms with Gasteiger partial charge in [-0.15, -0.1) is 0 Å². The molecule has 2 amide bonds. The molecule has 0 saturated carbocycles. The molecule has 136 valence electrons. The Kier molecular flexibility index (Phi) is 4.87. The molecule has 0 unspecified atom stereocenters. The first-order valence-corrected chi connectivity index (χ1v) is 8.50. The lowest BCUT2D eigenvalue weighted by atomic mass is 10.0. The normalized spacial score (nSPS) is 15.2. The third-order valence-corrected chi connectivity index (χ3v) is 4.34. The van der Waals surface area contributed by atoms with Gasteiger partial charge in [-0.2, -0.15) is 0 Å². The average molecular weight is 377 g/mol. The first kappa shape index (κ1) is 18.2. The number of rotatable bonds is 4. The summed E-state index contributed by atoms with van der Waals surface area (Å²) in [7, 11) is 0. The number of para-hydroxylation sites is 2. The monoisotopic (exact) mass is 376 g/mol. The molecule has 1 N–H and O–H groups in total. The van der Waals surface area contributed by atoms with Crippen LogP contribution in [0.25, 0.3) is 0 Å². The predicted octanol–water partition coefficient (Wildman–Crippen LogP) is 4.01. The van der Waals surface area contributed by atoms with Crippen molar-refractivity contribution in [1.29, 1.82) is 0 Å². The molecule has 0 aromatic heterocycles. The summed E-state index contributed by atoms with van der Waals surface area (Å²) in [6, 6.07) is 11.2. The zero-order valence-electron chi connectivity index (χ0n) is 14.4. The van der Waals surface area contributed by atoms with Gasteiger partial charge in [0.1, 0.15) is 11.6 Å². The van der Waals surface area contributed by atoms with E-state index in [0.29, 0.717) is 17.1 Å². The Morgan fingerprint density at radius 2 is 2.00 bits per heavy atom. The first-order chi connectivity index (χ1) is 12.3. The van der Waals surface area contributed by atoms with E-state index in [1.807, 2.05) is 6.07 Å². The highest BCUT2D eigenvalue weighted by Gasteiger charge is 2.40. The number of ether oxygens (including phenoxy) is 1. The van der Waals surface area contributed by atoms with Crippen LogP contribution in [-0.2, 0) is 9.59 Å². The largest absolute Gasteiger partial charge is 0.476 e. The van der Waals surface area contributed by atoms with Crippen molar-refractivity contribution in [3.8, 4) is 5.75 Å². The van der Waals surface area contributed by atoms with E-state index in [9.17, 15) is 14.0 Å². The molecule has 2 aromatic carbocycles. The summed E-state index contributed by atoms with van der Waals surface area (Å²) in [5.74, 6) is -0.471. The van der Waals surface area contributed by atoms with Crippen molar-refractivity contribution in [2.45, 2.75) is 25.9 Å². The molecule has 0 fully saturated rings. The molecular weight excluding hydrogens is 359 g/mol. The molecule has 7 heteroatoms. The van der Waals surface area contributed by atoms with Crippen LogP contribution in [0.15, 0.2) is 42.5 Å². The summed E-state index contributed by atoms with van der Waals surface area (Å²) in [4.78, 5) is 26.4. The van der Waals surface area contributed by atoms with Gasteiger partial charge in [0, 0.05) is 18.7 Å². The van der Waals surface area contributed by atoms with Gasteiger partial charge < -0.3 is 15.0 Å². The van der Waals surface area contributed by atoms with E-state index in [2.05, 4.69) is 5.32 Å². The molecule has 5 nitrogen and oxygen atoms in total. The maximum Gasteiger partial charge on any atom is 0.270 e. The van der Waals surface area contributed by atoms with Crippen molar-refractivity contribution in [1.82, 2.24) is 0 Å². The number of benzene rings is 2. The highest BCUT2D eigenvalue weighted by atomic mass is 35.5. The van der Waals surface area contributed by atoms with Crippen LogP contribution in [0.2, 0.25) is 5.02 Å². The van der Waals surface area contributed by atoms with Crippen molar-refractivity contribution in [3.05, 3.63) is 53.3 Å². The van der Waals surface area contributed by atoms with Gasteiger partial charge >= 0.3 is 0 Å². The van der Waals surface area contributed by atoms with Crippen LogP contribution in [0, 0.1) is 5.82 Å². The molecule has 0 saturated heterocycles. The van der Waals surface area contributed by atoms with Gasteiger partial charge in [0.2, 0.25) is 5.91 Å². The molecular formula is C19H18ClFN2O3. The van der Waals surface area contributed by atoms with E-state index in [1.54, 1.807) is 36.9 Å². The van der Waals surface area contributed by atoms with E-state index in [4.69, 9.17) is 16.3 Å². The fourth-order valence-corrected chi connectivity index (χ4v) is 2.93. The second-order valence-electron chi connectivity index (χ2n) is 6.46. The Morgan fingerprint density at radius 1 is 1.27 bits per heavy atom. The van der Waals surface area contributed by atoms with Crippen molar-refractivity contribution in [2.75, 3.05) is 16.8 Å². The fraction of sp³-hybridized carbons (Fsp3) is 0.263. The number of anilines is 2. The number of hydrogen-bond donors (Lipinski definition) is 1. The van der Waals surface area contributed by atoms with E-state index in [-0.39, 0.29) is 29.8 Å². The van der Waals surface area contributed by atoms with Crippen molar-refractivity contribution < 1.29 is 18.7 Å². The Labute approximate surface area is 155 Å². The zero-order valence-corrected chi connectivity index (χ0v) is 15.1. The summed E-state index contributed by atoms with van der Waals surface area (Å²) in [5, 5.41) is 2.58. The first-order valence-electron chi connectivity index (χ1n) is 8.13. The second-order valence-corrected chi connectivity index (χ2v) is 6.87. The van der Waals surface area contributed by atoms with Gasteiger partial charge in [-0.1, -0.05) is 23.7 Å². The average Bonchev–Trinajstić information content (AvgIpc) is 2.58. The summed E-state index contributed by atoms with van der Waals surface area (Å²) in [6.07, 6.45) is 0.0746. The predicted molar refractivity (Wildman–Crippen MR) is 98.2 cm³/mol. The summed E-state index contributed by atoms with van der Waals surface area (Å²) >= 11 is 5.71. The summed E-state index contributed by atoms with van der Waals surface area (Å²) in [6.45, 7) is 3.58.